The lowest BCUT2D eigenvalue weighted by atomic mass is 10.1. The summed E-state index contributed by atoms with van der Waals surface area (Å²) in [6.45, 7) is 1.44. The van der Waals surface area contributed by atoms with Gasteiger partial charge in [-0.15, -0.1) is 0 Å². The van der Waals surface area contributed by atoms with Crippen molar-refractivity contribution in [2.45, 2.75) is 57.5 Å². The monoisotopic (exact) mass is 460 g/mol. The molecule has 1 aliphatic carbocycles. The third kappa shape index (κ3) is 5.45. The molecule has 2 aromatic carbocycles. The molecule has 0 amide bonds. The van der Waals surface area contributed by atoms with E-state index < -0.39 is 0 Å². The van der Waals surface area contributed by atoms with Gasteiger partial charge in [-0.1, -0.05) is 6.07 Å². The van der Waals surface area contributed by atoms with E-state index in [0.717, 1.165) is 66.5 Å². The predicted molar refractivity (Wildman–Crippen MR) is 132 cm³/mol. The maximum Gasteiger partial charge on any atom is 0.199 e. The van der Waals surface area contributed by atoms with Gasteiger partial charge in [0.2, 0.25) is 0 Å². The van der Waals surface area contributed by atoms with Crippen LogP contribution in [0.5, 0.6) is 17.2 Å². The van der Waals surface area contributed by atoms with Gasteiger partial charge in [0, 0.05) is 42.8 Å². The lowest BCUT2D eigenvalue weighted by Crippen LogP contribution is -2.18. The van der Waals surface area contributed by atoms with Crippen molar-refractivity contribution in [1.29, 1.82) is 0 Å². The van der Waals surface area contributed by atoms with Crippen LogP contribution < -0.4 is 19.1 Å². The summed E-state index contributed by atoms with van der Waals surface area (Å²) in [5.74, 6) is 2.37. The van der Waals surface area contributed by atoms with Crippen LogP contribution in [0.1, 0.15) is 44.1 Å². The van der Waals surface area contributed by atoms with Crippen LogP contribution in [0, 0.1) is 0 Å². The summed E-state index contributed by atoms with van der Waals surface area (Å²) in [4.78, 5) is 6.56. The molecule has 0 bridgehead atoms. The number of anilines is 2. The highest BCUT2D eigenvalue weighted by atomic mass is 16.7. The number of benzene rings is 2. The van der Waals surface area contributed by atoms with E-state index in [9.17, 15) is 0 Å². The fraction of sp³-hybridized carbons (Fsp3) is 0.393. The van der Waals surface area contributed by atoms with Gasteiger partial charge in [-0.05, 0) is 80.1 Å². The molecule has 0 radical (unpaired) electrons. The molecule has 5 rings (SSSR count). The van der Waals surface area contributed by atoms with E-state index >= 15 is 0 Å². The van der Waals surface area contributed by atoms with Crippen LogP contribution in [0.25, 0.3) is 0 Å². The van der Waals surface area contributed by atoms with Gasteiger partial charge in [0.15, 0.2) is 17.8 Å². The van der Waals surface area contributed by atoms with Crippen LogP contribution >= 0.6 is 0 Å². The lowest BCUT2D eigenvalue weighted by molar-refractivity contribution is -0.0390. The van der Waals surface area contributed by atoms with Gasteiger partial charge in [0.05, 0.1) is 19.8 Å². The number of rotatable bonds is 9. The summed E-state index contributed by atoms with van der Waals surface area (Å²) in [5.41, 5.74) is 3.21. The van der Waals surface area contributed by atoms with Gasteiger partial charge < -0.3 is 23.8 Å². The number of nitrogens with zero attached hydrogens (tertiary/aromatic N) is 2. The van der Waals surface area contributed by atoms with Gasteiger partial charge in [-0.3, -0.25) is 4.98 Å². The van der Waals surface area contributed by atoms with Crippen LogP contribution in [0.4, 0.5) is 11.4 Å². The molecule has 34 heavy (non-hydrogen) atoms. The Hall–Kier alpha value is -3.25. The summed E-state index contributed by atoms with van der Waals surface area (Å²) in [6, 6.07) is 18.4. The van der Waals surface area contributed by atoms with Crippen LogP contribution in [0.2, 0.25) is 0 Å². The van der Waals surface area contributed by atoms with E-state index in [1.807, 2.05) is 30.5 Å². The van der Waals surface area contributed by atoms with Gasteiger partial charge in [-0.25, -0.2) is 0 Å². The SMILES string of the molecule is COc1ccc(N(Cc2cccnc2)c2ccc(OC3CCCO3)cc2)cc1OC1CCCC1. The first-order valence-electron chi connectivity index (χ1n) is 12.2. The zero-order valence-electron chi connectivity index (χ0n) is 19.7. The van der Waals surface area contributed by atoms with Gasteiger partial charge >= 0.3 is 0 Å². The summed E-state index contributed by atoms with van der Waals surface area (Å²) >= 11 is 0. The molecular weight excluding hydrogens is 428 g/mol. The normalized spacial score (nSPS) is 18.1. The first-order chi connectivity index (χ1) is 16.8. The molecule has 178 valence electrons. The minimum absolute atomic E-state index is 0.144. The first-order valence-corrected chi connectivity index (χ1v) is 12.2. The largest absolute Gasteiger partial charge is 0.493 e. The van der Waals surface area contributed by atoms with E-state index in [4.69, 9.17) is 18.9 Å². The summed E-state index contributed by atoms with van der Waals surface area (Å²) in [6.07, 6.45) is 10.4. The van der Waals surface area contributed by atoms with Crippen LogP contribution in [-0.2, 0) is 11.3 Å². The second-order valence-corrected chi connectivity index (χ2v) is 8.86. The van der Waals surface area contributed by atoms with Crippen molar-refractivity contribution in [2.75, 3.05) is 18.6 Å². The number of hydrogen-bond donors (Lipinski definition) is 0. The molecule has 6 heteroatoms. The number of pyridine rings is 1. The topological polar surface area (TPSA) is 53.1 Å². The number of methoxy groups -OCH3 is 1. The Morgan fingerprint density at radius 1 is 0.912 bits per heavy atom. The summed E-state index contributed by atoms with van der Waals surface area (Å²) < 4.78 is 23.6. The van der Waals surface area contributed by atoms with Crippen LogP contribution in [0.3, 0.4) is 0 Å². The van der Waals surface area contributed by atoms with Crippen molar-refractivity contribution in [3.05, 3.63) is 72.6 Å². The highest BCUT2D eigenvalue weighted by Gasteiger charge is 2.21. The average Bonchev–Trinajstić information content (AvgIpc) is 3.58. The molecule has 1 aromatic heterocycles. The molecule has 0 spiro atoms. The predicted octanol–water partition coefficient (Wildman–Crippen LogP) is 6.27. The number of aromatic nitrogens is 1. The van der Waals surface area contributed by atoms with Crippen molar-refractivity contribution >= 4 is 11.4 Å². The molecule has 1 unspecified atom stereocenters. The fourth-order valence-corrected chi connectivity index (χ4v) is 4.61. The Morgan fingerprint density at radius 3 is 2.44 bits per heavy atom. The second kappa shape index (κ2) is 10.8. The van der Waals surface area contributed by atoms with Crippen molar-refractivity contribution < 1.29 is 18.9 Å². The first kappa shape index (κ1) is 22.5. The second-order valence-electron chi connectivity index (χ2n) is 8.86. The maximum absolute atomic E-state index is 6.37. The van der Waals surface area contributed by atoms with Crippen molar-refractivity contribution in [2.24, 2.45) is 0 Å². The third-order valence-corrected chi connectivity index (χ3v) is 6.42. The Kier molecular flexibility index (Phi) is 7.15. The van der Waals surface area contributed by atoms with E-state index in [2.05, 4.69) is 40.2 Å². The average molecular weight is 461 g/mol. The summed E-state index contributed by atoms with van der Waals surface area (Å²) in [7, 11) is 1.69. The quantitative estimate of drug-likeness (QED) is 0.375. The minimum Gasteiger partial charge on any atom is -0.493 e. The Labute approximate surface area is 201 Å². The van der Waals surface area contributed by atoms with Crippen LogP contribution in [-0.4, -0.2) is 31.1 Å². The van der Waals surface area contributed by atoms with Crippen LogP contribution in [0.15, 0.2) is 67.0 Å². The van der Waals surface area contributed by atoms with Crippen molar-refractivity contribution in [3.8, 4) is 17.2 Å². The molecule has 1 saturated heterocycles. The molecule has 3 aromatic rings. The molecule has 1 atom stereocenters. The van der Waals surface area contributed by atoms with Gasteiger partial charge in [0.25, 0.3) is 0 Å². The molecule has 2 aliphatic rings. The van der Waals surface area contributed by atoms with Gasteiger partial charge in [-0.2, -0.15) is 0 Å². The highest BCUT2D eigenvalue weighted by Crippen LogP contribution is 2.38. The third-order valence-electron chi connectivity index (χ3n) is 6.42. The molecule has 0 N–H and O–H groups in total. The Bertz CT molecular complexity index is 1050. The van der Waals surface area contributed by atoms with E-state index in [0.29, 0.717) is 6.54 Å². The van der Waals surface area contributed by atoms with Crippen molar-refractivity contribution in [3.63, 3.8) is 0 Å². The van der Waals surface area contributed by atoms with Crippen molar-refractivity contribution in [1.82, 2.24) is 4.98 Å². The van der Waals surface area contributed by atoms with E-state index in [-0.39, 0.29) is 12.4 Å². The Balaban J connectivity index is 1.43. The highest BCUT2D eigenvalue weighted by molar-refractivity contribution is 5.67. The molecule has 2 heterocycles. The lowest BCUT2D eigenvalue weighted by Gasteiger charge is -2.27. The summed E-state index contributed by atoms with van der Waals surface area (Å²) in [5, 5.41) is 0. The Morgan fingerprint density at radius 2 is 1.74 bits per heavy atom. The standard InChI is InChI=1S/C28H32N2O4/c1-31-26-15-12-23(18-27(26)33-24-7-2-3-8-24)30(20-21-6-4-16-29-19-21)22-10-13-25(14-11-22)34-28-9-5-17-32-28/h4,6,10-16,18-19,24,28H,2-3,5,7-9,17,20H2,1H3. The zero-order valence-corrected chi connectivity index (χ0v) is 19.7. The molecular formula is C28H32N2O4. The minimum atomic E-state index is -0.144. The molecule has 1 aliphatic heterocycles. The maximum atomic E-state index is 6.37. The smallest absolute Gasteiger partial charge is 0.199 e. The number of hydrogen-bond acceptors (Lipinski definition) is 6. The van der Waals surface area contributed by atoms with Gasteiger partial charge in [0.1, 0.15) is 5.75 Å². The van der Waals surface area contributed by atoms with E-state index in [1.54, 1.807) is 13.3 Å². The zero-order chi connectivity index (χ0) is 23.2. The van der Waals surface area contributed by atoms with E-state index in [1.165, 1.54) is 12.8 Å². The number of ether oxygens (including phenoxy) is 4. The molecule has 1 saturated carbocycles. The fourth-order valence-electron chi connectivity index (χ4n) is 4.61. The molecule has 2 fully saturated rings. The molecule has 6 nitrogen and oxygen atoms in total.